The molecule has 0 saturated heterocycles. The molecule has 0 spiro atoms. The highest BCUT2D eigenvalue weighted by Crippen LogP contribution is 2.27. The molecule has 0 radical (unpaired) electrons. The molecule has 2 N–H and O–H groups in total. The lowest BCUT2D eigenvalue weighted by Crippen LogP contribution is -2.45. The zero-order chi connectivity index (χ0) is 36.8. The van der Waals surface area contributed by atoms with Gasteiger partial charge in [-0.05, 0) is 77.6 Å². The molecule has 10 heteroatoms. The summed E-state index contributed by atoms with van der Waals surface area (Å²) in [7, 11) is 1.29. The van der Waals surface area contributed by atoms with Crippen LogP contribution in [0, 0.1) is 11.8 Å². The minimum absolute atomic E-state index is 0.0748. The first-order valence-corrected chi connectivity index (χ1v) is 17.1. The average Bonchev–Trinajstić information content (AvgIpc) is 3.06. The number of benzene rings is 3. The Kier molecular flexibility index (Phi) is 15.2. The van der Waals surface area contributed by atoms with E-state index < -0.39 is 23.9 Å². The van der Waals surface area contributed by atoms with Gasteiger partial charge in [0.1, 0.15) is 17.5 Å². The molecule has 3 unspecified atom stereocenters. The van der Waals surface area contributed by atoms with Gasteiger partial charge in [-0.25, -0.2) is 4.79 Å². The number of ether oxygens (including phenoxy) is 3. The van der Waals surface area contributed by atoms with E-state index in [0.29, 0.717) is 36.7 Å². The maximum Gasteiger partial charge on any atom is 0.328 e. The third kappa shape index (κ3) is 13.1. The summed E-state index contributed by atoms with van der Waals surface area (Å²) < 4.78 is 15.3. The Morgan fingerprint density at radius 3 is 1.62 bits per heavy atom. The van der Waals surface area contributed by atoms with Crippen LogP contribution >= 0.6 is 0 Å². The molecule has 0 fully saturated rings. The van der Waals surface area contributed by atoms with Crippen LogP contribution in [0.2, 0.25) is 0 Å². The van der Waals surface area contributed by atoms with E-state index in [1.165, 1.54) is 21.0 Å². The monoisotopic (exact) mass is 686 g/mol. The quantitative estimate of drug-likeness (QED) is 0.123. The molecule has 3 aromatic carbocycles. The van der Waals surface area contributed by atoms with Crippen molar-refractivity contribution in [3.8, 4) is 11.5 Å². The maximum absolute atomic E-state index is 13.6. The number of rotatable bonds is 17. The first kappa shape index (κ1) is 39.4. The summed E-state index contributed by atoms with van der Waals surface area (Å²) in [5.74, 6) is -0.870. The highest BCUT2D eigenvalue weighted by atomic mass is 16.5. The summed E-state index contributed by atoms with van der Waals surface area (Å²) in [6.45, 7) is 10.9. The Morgan fingerprint density at radius 1 is 0.640 bits per heavy atom. The minimum atomic E-state index is -0.903. The number of methoxy groups -OCH3 is 1. The lowest BCUT2D eigenvalue weighted by Gasteiger charge is -2.23. The van der Waals surface area contributed by atoms with Crippen molar-refractivity contribution in [2.75, 3.05) is 7.11 Å². The largest absolute Gasteiger partial charge is 0.467 e. The third-order valence-electron chi connectivity index (χ3n) is 8.06. The Labute approximate surface area is 295 Å². The molecule has 3 atom stereocenters. The van der Waals surface area contributed by atoms with Crippen LogP contribution in [0.25, 0.3) is 0 Å². The van der Waals surface area contributed by atoms with Crippen LogP contribution in [-0.2, 0) is 41.6 Å². The Hall–Kier alpha value is -4.99. The van der Waals surface area contributed by atoms with Crippen molar-refractivity contribution in [2.45, 2.75) is 91.6 Å². The van der Waals surface area contributed by atoms with Gasteiger partial charge in [-0.1, -0.05) is 76.2 Å². The predicted molar refractivity (Wildman–Crippen MR) is 190 cm³/mol. The molecule has 0 aliphatic rings. The number of carbonyl (C=O) groups excluding carboxylic acids is 5. The van der Waals surface area contributed by atoms with Crippen LogP contribution in [0.15, 0.2) is 72.8 Å². The summed E-state index contributed by atoms with van der Waals surface area (Å²) >= 11 is 0. The molecule has 0 saturated carbocycles. The zero-order valence-corrected chi connectivity index (χ0v) is 30.1. The molecular formula is C40H50N2O8. The second-order valence-corrected chi connectivity index (χ2v) is 13.4. The Balaban J connectivity index is 1.63. The lowest BCUT2D eigenvalue weighted by atomic mass is 9.89. The summed E-state index contributed by atoms with van der Waals surface area (Å²) in [5.41, 5.74) is 3.47. The van der Waals surface area contributed by atoms with E-state index >= 15 is 0 Å². The van der Waals surface area contributed by atoms with E-state index in [1.54, 1.807) is 36.4 Å². The van der Waals surface area contributed by atoms with E-state index in [4.69, 9.17) is 14.2 Å². The molecule has 3 rings (SSSR count). The molecule has 0 bridgehead atoms. The number of hydrogen-bond acceptors (Lipinski definition) is 8. The van der Waals surface area contributed by atoms with Gasteiger partial charge in [0, 0.05) is 26.7 Å². The third-order valence-corrected chi connectivity index (χ3v) is 8.06. The fraction of sp³-hybridized carbons (Fsp3) is 0.425. The molecule has 10 nitrogen and oxygen atoms in total. The number of hydrogen-bond donors (Lipinski definition) is 2. The Bertz CT molecular complexity index is 1580. The van der Waals surface area contributed by atoms with Gasteiger partial charge >= 0.3 is 17.9 Å². The van der Waals surface area contributed by atoms with Crippen molar-refractivity contribution in [3.63, 3.8) is 0 Å². The van der Waals surface area contributed by atoms with Gasteiger partial charge in [0.25, 0.3) is 0 Å². The van der Waals surface area contributed by atoms with Crippen LogP contribution in [-0.4, -0.2) is 42.9 Å². The number of nitrogens with one attached hydrogen (secondary N) is 2. The van der Waals surface area contributed by atoms with E-state index in [1.807, 2.05) is 50.2 Å². The van der Waals surface area contributed by atoms with Crippen molar-refractivity contribution >= 4 is 29.7 Å². The van der Waals surface area contributed by atoms with Crippen molar-refractivity contribution in [1.29, 1.82) is 0 Å². The van der Waals surface area contributed by atoms with Crippen LogP contribution in [0.1, 0.15) is 95.0 Å². The van der Waals surface area contributed by atoms with E-state index in [-0.39, 0.29) is 36.2 Å². The summed E-state index contributed by atoms with van der Waals surface area (Å²) in [5, 5.41) is 6.06. The van der Waals surface area contributed by atoms with Gasteiger partial charge < -0.3 is 24.8 Å². The smallest absolute Gasteiger partial charge is 0.328 e. The molecule has 3 aromatic rings. The minimum Gasteiger partial charge on any atom is -0.467 e. The standard InChI is InChI=1S/C40H50N2O8/c1-25(2)22-35(31-13-17-33(18-14-31)49-27(5)43)39(46)42-37(40(47)48-7)24-30-10-8-29(9-11-30)12-21-38(45)41-36(23-26(3)4)32-15-19-34(20-16-32)50-28(6)44/h8-11,13-20,25-26,35-37H,12,21-24H2,1-7H3,(H,41,45)(H,42,46). The summed E-state index contributed by atoms with van der Waals surface area (Å²) in [4.78, 5) is 62.0. The van der Waals surface area contributed by atoms with Crippen LogP contribution in [0.5, 0.6) is 11.5 Å². The molecule has 0 aliphatic carbocycles. The van der Waals surface area contributed by atoms with Gasteiger partial charge in [0.2, 0.25) is 11.8 Å². The topological polar surface area (TPSA) is 137 Å². The average molecular weight is 687 g/mol. The highest BCUT2D eigenvalue weighted by Gasteiger charge is 2.28. The normalized spacial score (nSPS) is 12.8. The van der Waals surface area contributed by atoms with Crippen LogP contribution in [0.3, 0.4) is 0 Å². The first-order valence-electron chi connectivity index (χ1n) is 17.1. The van der Waals surface area contributed by atoms with Gasteiger partial charge in [0.15, 0.2) is 0 Å². The fourth-order valence-electron chi connectivity index (χ4n) is 5.69. The SMILES string of the molecule is COC(=O)C(Cc1ccc(CCC(=O)NC(CC(C)C)c2ccc(OC(C)=O)cc2)cc1)NC(=O)C(CC(C)C)c1ccc(OC(C)=O)cc1. The first-order chi connectivity index (χ1) is 23.7. The van der Waals surface area contributed by atoms with Gasteiger partial charge in [-0.3, -0.25) is 19.2 Å². The van der Waals surface area contributed by atoms with Crippen molar-refractivity contribution < 1.29 is 38.2 Å². The summed E-state index contributed by atoms with van der Waals surface area (Å²) in [6.07, 6.45) is 2.35. The lowest BCUT2D eigenvalue weighted by molar-refractivity contribution is -0.145. The van der Waals surface area contributed by atoms with Crippen LogP contribution < -0.4 is 20.1 Å². The second kappa shape index (κ2) is 19.3. The van der Waals surface area contributed by atoms with E-state index in [0.717, 1.165) is 28.7 Å². The molecule has 0 aliphatic heterocycles. The molecule has 0 aromatic heterocycles. The number of esters is 3. The van der Waals surface area contributed by atoms with Crippen molar-refractivity contribution in [1.82, 2.24) is 10.6 Å². The van der Waals surface area contributed by atoms with Crippen LogP contribution in [0.4, 0.5) is 0 Å². The number of aryl methyl sites for hydroxylation is 1. The molecule has 0 heterocycles. The molecule has 2 amide bonds. The zero-order valence-electron chi connectivity index (χ0n) is 30.1. The Morgan fingerprint density at radius 2 is 1.14 bits per heavy atom. The van der Waals surface area contributed by atoms with Gasteiger partial charge in [0.05, 0.1) is 19.1 Å². The fourth-order valence-corrected chi connectivity index (χ4v) is 5.69. The number of carbonyl (C=O) groups is 5. The van der Waals surface area contributed by atoms with E-state index in [9.17, 15) is 24.0 Å². The van der Waals surface area contributed by atoms with Crippen molar-refractivity contribution in [3.05, 3.63) is 95.1 Å². The van der Waals surface area contributed by atoms with Crippen molar-refractivity contribution in [2.24, 2.45) is 11.8 Å². The van der Waals surface area contributed by atoms with Gasteiger partial charge in [-0.15, -0.1) is 0 Å². The molecule has 268 valence electrons. The predicted octanol–water partition coefficient (Wildman–Crippen LogP) is 6.40. The maximum atomic E-state index is 13.6. The van der Waals surface area contributed by atoms with E-state index in [2.05, 4.69) is 24.5 Å². The van der Waals surface area contributed by atoms with Gasteiger partial charge in [-0.2, -0.15) is 0 Å². The number of amides is 2. The molecule has 50 heavy (non-hydrogen) atoms. The molecular weight excluding hydrogens is 636 g/mol. The highest BCUT2D eigenvalue weighted by molar-refractivity contribution is 5.89. The summed E-state index contributed by atoms with van der Waals surface area (Å²) in [6, 6.07) is 20.5. The second-order valence-electron chi connectivity index (χ2n) is 13.4.